The summed E-state index contributed by atoms with van der Waals surface area (Å²) in [7, 11) is -1.05. The first-order valence-corrected chi connectivity index (χ1v) is 9.80. The molecular formula is C16H24N4O2S. The smallest absolute Gasteiger partial charge is 0.211 e. The Hall–Kier alpha value is -1.44. The van der Waals surface area contributed by atoms with Crippen LogP contribution in [-0.2, 0) is 23.6 Å². The molecule has 0 aliphatic carbocycles. The van der Waals surface area contributed by atoms with Gasteiger partial charge in [-0.1, -0.05) is 19.1 Å². The lowest BCUT2D eigenvalue weighted by Crippen LogP contribution is -2.49. The number of sulfonamides is 1. The number of benzene rings is 1. The molecule has 1 aliphatic heterocycles. The topological polar surface area (TPSA) is 67.2 Å². The summed E-state index contributed by atoms with van der Waals surface area (Å²) in [5.74, 6) is 1.29. The van der Waals surface area contributed by atoms with Gasteiger partial charge in [0.25, 0.3) is 0 Å². The highest BCUT2D eigenvalue weighted by atomic mass is 32.2. The Morgan fingerprint density at radius 1 is 1.35 bits per heavy atom. The van der Waals surface area contributed by atoms with E-state index in [0.717, 1.165) is 23.3 Å². The molecule has 1 saturated heterocycles. The molecule has 2 aromatic rings. The lowest BCUT2D eigenvalue weighted by Gasteiger charge is -2.36. The van der Waals surface area contributed by atoms with Gasteiger partial charge in [-0.2, -0.15) is 0 Å². The van der Waals surface area contributed by atoms with Crippen molar-refractivity contribution in [2.75, 3.05) is 19.3 Å². The van der Waals surface area contributed by atoms with Gasteiger partial charge in [-0.3, -0.25) is 0 Å². The number of hydrogen-bond donors (Lipinski definition) is 1. The lowest BCUT2D eigenvalue weighted by molar-refractivity contribution is 0.219. The summed E-state index contributed by atoms with van der Waals surface area (Å²) in [5, 5.41) is 3.56. The maximum absolute atomic E-state index is 11.7. The second kappa shape index (κ2) is 6.22. The van der Waals surface area contributed by atoms with Crippen molar-refractivity contribution in [3.05, 3.63) is 30.1 Å². The second-order valence-electron chi connectivity index (χ2n) is 6.45. The maximum atomic E-state index is 11.7. The van der Waals surface area contributed by atoms with E-state index < -0.39 is 10.0 Å². The predicted molar refractivity (Wildman–Crippen MR) is 91.5 cm³/mol. The van der Waals surface area contributed by atoms with Gasteiger partial charge >= 0.3 is 0 Å². The van der Waals surface area contributed by atoms with E-state index in [1.165, 1.54) is 6.26 Å². The van der Waals surface area contributed by atoms with Crippen molar-refractivity contribution in [1.29, 1.82) is 0 Å². The molecule has 0 unspecified atom stereocenters. The molecule has 1 aromatic carbocycles. The Morgan fingerprint density at radius 3 is 2.74 bits per heavy atom. The number of aryl methyl sites for hydroxylation is 1. The first-order chi connectivity index (χ1) is 10.9. The van der Waals surface area contributed by atoms with Gasteiger partial charge in [0.05, 0.1) is 23.8 Å². The molecule has 0 amide bonds. The number of nitrogens with one attached hydrogen (secondary N) is 1. The molecule has 126 valence electrons. The largest absolute Gasteiger partial charge is 0.330 e. The van der Waals surface area contributed by atoms with Crippen LogP contribution < -0.4 is 5.32 Å². The third-order valence-corrected chi connectivity index (χ3v) is 6.01. The summed E-state index contributed by atoms with van der Waals surface area (Å²) < 4.78 is 27.0. The van der Waals surface area contributed by atoms with Crippen molar-refractivity contribution >= 4 is 21.1 Å². The van der Waals surface area contributed by atoms with Gasteiger partial charge in [0.1, 0.15) is 5.82 Å². The zero-order valence-electron chi connectivity index (χ0n) is 13.9. The van der Waals surface area contributed by atoms with Crippen LogP contribution >= 0.6 is 0 Å². The Bertz CT molecular complexity index is 800. The Kier molecular flexibility index (Phi) is 4.44. The minimum atomic E-state index is -3.08. The highest BCUT2D eigenvalue weighted by molar-refractivity contribution is 7.88. The SMILES string of the molecule is C[C@@H]1CN(S(C)(=O)=O)CC[C@H]1NCc1nc2ccccc2n1C. The minimum absolute atomic E-state index is 0.285. The van der Waals surface area contributed by atoms with Crippen LogP contribution in [0, 0.1) is 5.92 Å². The Balaban J connectivity index is 1.65. The highest BCUT2D eigenvalue weighted by Gasteiger charge is 2.30. The van der Waals surface area contributed by atoms with Gasteiger partial charge in [0, 0.05) is 26.2 Å². The van der Waals surface area contributed by atoms with E-state index in [1.807, 2.05) is 25.2 Å². The van der Waals surface area contributed by atoms with Crippen LogP contribution in [0.15, 0.2) is 24.3 Å². The maximum Gasteiger partial charge on any atom is 0.211 e. The van der Waals surface area contributed by atoms with Crippen molar-refractivity contribution in [3.63, 3.8) is 0 Å². The fraction of sp³-hybridized carbons (Fsp3) is 0.562. The Labute approximate surface area is 137 Å². The van der Waals surface area contributed by atoms with Crippen LogP contribution in [-0.4, -0.2) is 47.7 Å². The first-order valence-electron chi connectivity index (χ1n) is 7.95. The molecule has 1 fully saturated rings. The summed E-state index contributed by atoms with van der Waals surface area (Å²) in [6, 6.07) is 8.41. The number of nitrogens with zero attached hydrogens (tertiary/aromatic N) is 3. The van der Waals surface area contributed by atoms with Gasteiger partial charge in [0.15, 0.2) is 0 Å². The van der Waals surface area contributed by atoms with Crippen LogP contribution in [0.4, 0.5) is 0 Å². The molecule has 23 heavy (non-hydrogen) atoms. The molecule has 2 heterocycles. The molecule has 7 heteroatoms. The lowest BCUT2D eigenvalue weighted by atomic mass is 9.95. The van der Waals surface area contributed by atoms with Crippen molar-refractivity contribution in [1.82, 2.24) is 19.2 Å². The monoisotopic (exact) mass is 336 g/mol. The van der Waals surface area contributed by atoms with Crippen molar-refractivity contribution < 1.29 is 8.42 Å². The zero-order chi connectivity index (χ0) is 16.6. The average Bonchev–Trinajstić information content (AvgIpc) is 2.82. The molecule has 1 aliphatic rings. The molecule has 2 atom stereocenters. The predicted octanol–water partition coefficient (Wildman–Crippen LogP) is 1.33. The number of piperidine rings is 1. The van der Waals surface area contributed by atoms with E-state index in [9.17, 15) is 8.42 Å². The van der Waals surface area contributed by atoms with E-state index in [1.54, 1.807) is 4.31 Å². The van der Waals surface area contributed by atoms with Crippen LogP contribution in [0.2, 0.25) is 0 Å². The van der Waals surface area contributed by atoms with Crippen molar-refractivity contribution in [3.8, 4) is 0 Å². The highest BCUT2D eigenvalue weighted by Crippen LogP contribution is 2.20. The summed E-state index contributed by atoms with van der Waals surface area (Å²) in [5.41, 5.74) is 2.14. The molecule has 0 saturated carbocycles. The summed E-state index contributed by atoms with van der Waals surface area (Å²) in [4.78, 5) is 4.67. The standard InChI is InChI=1S/C16H24N4O2S/c1-12-11-20(23(3,21)22)9-8-13(12)17-10-16-18-14-6-4-5-7-15(14)19(16)2/h4-7,12-13,17H,8-11H2,1-3H3/t12-,13-/m1/s1. The first kappa shape index (κ1) is 16.4. The van der Waals surface area contributed by atoms with Gasteiger partial charge in [-0.25, -0.2) is 17.7 Å². The third kappa shape index (κ3) is 3.41. The van der Waals surface area contributed by atoms with Gasteiger partial charge in [0.2, 0.25) is 10.0 Å². The van der Waals surface area contributed by atoms with E-state index in [4.69, 9.17) is 0 Å². The number of rotatable bonds is 4. The molecule has 1 N–H and O–H groups in total. The molecule has 0 radical (unpaired) electrons. The summed E-state index contributed by atoms with van der Waals surface area (Å²) in [6.45, 7) is 3.96. The summed E-state index contributed by atoms with van der Waals surface area (Å²) in [6.07, 6.45) is 2.12. The quantitative estimate of drug-likeness (QED) is 0.915. The normalized spacial score (nSPS) is 23.4. The van der Waals surface area contributed by atoms with Crippen LogP contribution in [0.25, 0.3) is 11.0 Å². The molecular weight excluding hydrogens is 312 g/mol. The molecule has 1 aromatic heterocycles. The number of hydrogen-bond acceptors (Lipinski definition) is 4. The number of aromatic nitrogens is 2. The van der Waals surface area contributed by atoms with Gasteiger partial charge < -0.3 is 9.88 Å². The zero-order valence-corrected chi connectivity index (χ0v) is 14.7. The van der Waals surface area contributed by atoms with E-state index in [-0.39, 0.29) is 5.92 Å². The molecule has 3 rings (SSSR count). The number of para-hydroxylation sites is 2. The van der Waals surface area contributed by atoms with Crippen LogP contribution in [0.5, 0.6) is 0 Å². The number of fused-ring (bicyclic) bond motifs is 1. The van der Waals surface area contributed by atoms with Gasteiger partial charge in [-0.05, 0) is 24.5 Å². The van der Waals surface area contributed by atoms with Crippen LogP contribution in [0.1, 0.15) is 19.2 Å². The van der Waals surface area contributed by atoms with Crippen molar-refractivity contribution in [2.24, 2.45) is 13.0 Å². The van der Waals surface area contributed by atoms with E-state index in [0.29, 0.717) is 25.7 Å². The molecule has 0 spiro atoms. The average molecular weight is 336 g/mol. The van der Waals surface area contributed by atoms with Gasteiger partial charge in [-0.15, -0.1) is 0 Å². The Morgan fingerprint density at radius 2 is 2.09 bits per heavy atom. The second-order valence-corrected chi connectivity index (χ2v) is 8.43. The third-order valence-electron chi connectivity index (χ3n) is 4.74. The molecule has 0 bridgehead atoms. The molecule has 6 nitrogen and oxygen atoms in total. The summed E-state index contributed by atoms with van der Waals surface area (Å²) >= 11 is 0. The minimum Gasteiger partial charge on any atom is -0.330 e. The fourth-order valence-electron chi connectivity index (χ4n) is 3.29. The van der Waals surface area contributed by atoms with E-state index >= 15 is 0 Å². The van der Waals surface area contributed by atoms with E-state index in [2.05, 4.69) is 27.9 Å². The fourth-order valence-corrected chi connectivity index (χ4v) is 4.23. The number of imidazole rings is 1. The van der Waals surface area contributed by atoms with Crippen LogP contribution in [0.3, 0.4) is 0 Å². The van der Waals surface area contributed by atoms with Crippen molar-refractivity contribution in [2.45, 2.75) is 25.9 Å².